The van der Waals surface area contributed by atoms with E-state index in [1.807, 2.05) is 13.8 Å². The summed E-state index contributed by atoms with van der Waals surface area (Å²) in [5.74, 6) is 0.382. The maximum Gasteiger partial charge on any atom is 0.0654 e. The van der Waals surface area contributed by atoms with Crippen LogP contribution in [0.5, 0.6) is 0 Å². The van der Waals surface area contributed by atoms with Crippen LogP contribution >= 0.6 is 0 Å². The molecular weight excluding hydrogens is 212 g/mol. The third kappa shape index (κ3) is 3.56. The first-order valence-corrected chi connectivity index (χ1v) is 6.75. The quantitative estimate of drug-likeness (QED) is 0.740. The first-order chi connectivity index (χ1) is 7.67. The van der Waals surface area contributed by atoms with Gasteiger partial charge in [-0.05, 0) is 65.2 Å². The fourth-order valence-electron chi connectivity index (χ4n) is 3.05. The second kappa shape index (κ2) is 5.11. The molecular formula is C15H28O2. The summed E-state index contributed by atoms with van der Waals surface area (Å²) in [6, 6.07) is 0. The average molecular weight is 240 g/mol. The Morgan fingerprint density at radius 3 is 2.47 bits per heavy atom. The Hall–Kier alpha value is -0.340. The van der Waals surface area contributed by atoms with Crippen molar-refractivity contribution in [3.8, 4) is 0 Å². The SMILES string of the molecule is CC(C)=CCC[C@](C)(O)[C@@H]1CC[C@@](C)(O)[C@H]1C. The molecule has 2 N–H and O–H groups in total. The molecule has 1 aliphatic carbocycles. The van der Waals surface area contributed by atoms with Gasteiger partial charge in [0.1, 0.15) is 0 Å². The summed E-state index contributed by atoms with van der Waals surface area (Å²) < 4.78 is 0. The second-order valence-corrected chi connectivity index (χ2v) is 6.47. The van der Waals surface area contributed by atoms with Gasteiger partial charge in [-0.25, -0.2) is 0 Å². The molecule has 0 heterocycles. The zero-order valence-corrected chi connectivity index (χ0v) is 12.0. The summed E-state index contributed by atoms with van der Waals surface area (Å²) in [5.41, 5.74) is 0.0316. The van der Waals surface area contributed by atoms with Gasteiger partial charge in [0, 0.05) is 0 Å². The largest absolute Gasteiger partial charge is 0.390 e. The van der Waals surface area contributed by atoms with Crippen molar-refractivity contribution in [3.05, 3.63) is 11.6 Å². The molecule has 0 unspecified atom stereocenters. The van der Waals surface area contributed by atoms with E-state index < -0.39 is 11.2 Å². The van der Waals surface area contributed by atoms with Gasteiger partial charge >= 0.3 is 0 Å². The third-order valence-corrected chi connectivity index (χ3v) is 4.55. The van der Waals surface area contributed by atoms with Crippen LogP contribution in [-0.4, -0.2) is 21.4 Å². The molecule has 100 valence electrons. The summed E-state index contributed by atoms with van der Waals surface area (Å²) in [4.78, 5) is 0. The number of aliphatic hydroxyl groups is 2. The van der Waals surface area contributed by atoms with E-state index in [1.54, 1.807) is 0 Å². The topological polar surface area (TPSA) is 40.5 Å². The Kier molecular flexibility index (Phi) is 4.43. The molecule has 2 heteroatoms. The van der Waals surface area contributed by atoms with Crippen LogP contribution < -0.4 is 0 Å². The molecule has 0 aromatic heterocycles. The van der Waals surface area contributed by atoms with E-state index in [9.17, 15) is 10.2 Å². The Labute approximate surface area is 106 Å². The zero-order valence-electron chi connectivity index (χ0n) is 12.0. The second-order valence-electron chi connectivity index (χ2n) is 6.47. The standard InChI is InChI=1S/C15H28O2/c1-11(2)7-6-9-15(5,17)13-8-10-14(4,16)12(13)3/h7,12-13,16-17H,6,8-10H2,1-5H3/t12-,13+,14+,15-/m0/s1. The Bertz CT molecular complexity index is 285. The van der Waals surface area contributed by atoms with Gasteiger partial charge < -0.3 is 10.2 Å². The van der Waals surface area contributed by atoms with Gasteiger partial charge in [0.05, 0.1) is 11.2 Å². The van der Waals surface area contributed by atoms with Crippen molar-refractivity contribution in [2.45, 2.75) is 71.5 Å². The van der Waals surface area contributed by atoms with E-state index in [0.717, 1.165) is 25.7 Å². The first-order valence-electron chi connectivity index (χ1n) is 6.75. The van der Waals surface area contributed by atoms with Crippen LogP contribution in [0.1, 0.15) is 60.3 Å². The summed E-state index contributed by atoms with van der Waals surface area (Å²) in [6.07, 6.45) is 5.60. The Morgan fingerprint density at radius 1 is 1.47 bits per heavy atom. The maximum absolute atomic E-state index is 10.6. The lowest BCUT2D eigenvalue weighted by atomic mass is 9.76. The van der Waals surface area contributed by atoms with Crippen molar-refractivity contribution in [1.82, 2.24) is 0 Å². The molecule has 17 heavy (non-hydrogen) atoms. The van der Waals surface area contributed by atoms with Gasteiger partial charge in [0.2, 0.25) is 0 Å². The molecule has 0 aromatic rings. The highest BCUT2D eigenvalue weighted by molar-refractivity contribution is 5.01. The van der Waals surface area contributed by atoms with Gasteiger partial charge in [-0.15, -0.1) is 0 Å². The van der Waals surface area contributed by atoms with Gasteiger partial charge in [0.25, 0.3) is 0 Å². The van der Waals surface area contributed by atoms with Crippen molar-refractivity contribution in [1.29, 1.82) is 0 Å². The van der Waals surface area contributed by atoms with Gasteiger partial charge in [-0.3, -0.25) is 0 Å². The third-order valence-electron chi connectivity index (χ3n) is 4.55. The van der Waals surface area contributed by atoms with Gasteiger partial charge in [-0.2, -0.15) is 0 Å². The first kappa shape index (κ1) is 14.7. The van der Waals surface area contributed by atoms with Crippen LogP contribution in [0.3, 0.4) is 0 Å². The van der Waals surface area contributed by atoms with Gasteiger partial charge in [-0.1, -0.05) is 18.6 Å². The summed E-state index contributed by atoms with van der Waals surface area (Å²) in [5, 5.41) is 20.8. The molecule has 1 aliphatic rings. The van der Waals surface area contributed by atoms with E-state index in [2.05, 4.69) is 26.8 Å². The molecule has 1 rings (SSSR count). The summed E-state index contributed by atoms with van der Waals surface area (Å²) >= 11 is 0. The molecule has 2 nitrogen and oxygen atoms in total. The summed E-state index contributed by atoms with van der Waals surface area (Å²) in [6.45, 7) is 10.0. The molecule has 1 fully saturated rings. The number of hydrogen-bond donors (Lipinski definition) is 2. The zero-order chi connectivity index (χ0) is 13.3. The minimum absolute atomic E-state index is 0.171. The highest BCUT2D eigenvalue weighted by Crippen LogP contribution is 2.46. The van der Waals surface area contributed by atoms with E-state index >= 15 is 0 Å². The molecule has 4 atom stereocenters. The molecule has 0 bridgehead atoms. The predicted molar refractivity (Wildman–Crippen MR) is 71.8 cm³/mol. The Balaban J connectivity index is 2.62. The molecule has 0 saturated heterocycles. The van der Waals surface area contributed by atoms with Gasteiger partial charge in [0.15, 0.2) is 0 Å². The monoisotopic (exact) mass is 240 g/mol. The molecule has 0 radical (unpaired) electrons. The highest BCUT2D eigenvalue weighted by atomic mass is 16.3. The highest BCUT2D eigenvalue weighted by Gasteiger charge is 2.47. The fourth-order valence-corrected chi connectivity index (χ4v) is 3.05. The average Bonchev–Trinajstić information content (AvgIpc) is 2.41. The Morgan fingerprint density at radius 2 is 2.06 bits per heavy atom. The van der Waals surface area contributed by atoms with Crippen molar-refractivity contribution in [2.24, 2.45) is 11.8 Å². The number of hydrogen-bond acceptors (Lipinski definition) is 2. The number of rotatable bonds is 4. The molecule has 0 spiro atoms. The van der Waals surface area contributed by atoms with Crippen LogP contribution in [0.15, 0.2) is 11.6 Å². The maximum atomic E-state index is 10.6. The van der Waals surface area contributed by atoms with Crippen LogP contribution in [0.25, 0.3) is 0 Å². The van der Waals surface area contributed by atoms with Crippen LogP contribution in [0.4, 0.5) is 0 Å². The summed E-state index contributed by atoms with van der Waals surface area (Å²) in [7, 11) is 0. The predicted octanol–water partition coefficient (Wildman–Crippen LogP) is 3.28. The van der Waals surface area contributed by atoms with E-state index in [0.29, 0.717) is 0 Å². The van der Waals surface area contributed by atoms with Crippen molar-refractivity contribution in [3.63, 3.8) is 0 Å². The van der Waals surface area contributed by atoms with E-state index in [1.165, 1.54) is 5.57 Å². The smallest absolute Gasteiger partial charge is 0.0654 e. The number of allylic oxidation sites excluding steroid dienone is 2. The lowest BCUT2D eigenvalue weighted by Crippen LogP contribution is -2.40. The lowest BCUT2D eigenvalue weighted by Gasteiger charge is -2.35. The van der Waals surface area contributed by atoms with E-state index in [-0.39, 0.29) is 11.8 Å². The normalized spacial score (nSPS) is 36.6. The van der Waals surface area contributed by atoms with Crippen molar-refractivity contribution >= 4 is 0 Å². The minimum Gasteiger partial charge on any atom is -0.390 e. The molecule has 0 aliphatic heterocycles. The van der Waals surface area contributed by atoms with Crippen LogP contribution in [0, 0.1) is 11.8 Å². The van der Waals surface area contributed by atoms with E-state index in [4.69, 9.17) is 0 Å². The fraction of sp³-hybridized carbons (Fsp3) is 0.867. The van der Waals surface area contributed by atoms with Crippen molar-refractivity contribution in [2.75, 3.05) is 0 Å². The lowest BCUT2D eigenvalue weighted by molar-refractivity contribution is -0.0540. The molecule has 0 aromatic carbocycles. The van der Waals surface area contributed by atoms with Crippen LogP contribution in [-0.2, 0) is 0 Å². The molecule has 0 amide bonds. The van der Waals surface area contributed by atoms with Crippen molar-refractivity contribution < 1.29 is 10.2 Å². The molecule has 1 saturated carbocycles. The minimum atomic E-state index is -0.661. The van der Waals surface area contributed by atoms with Crippen LogP contribution in [0.2, 0.25) is 0 Å².